The van der Waals surface area contributed by atoms with Crippen LogP contribution in [0.4, 0.5) is 0 Å². The molecule has 3 unspecified atom stereocenters. The summed E-state index contributed by atoms with van der Waals surface area (Å²) in [5.41, 5.74) is 0. The maximum absolute atomic E-state index is 3.63. The fourth-order valence-corrected chi connectivity index (χ4v) is 2.55. The zero-order valence-corrected chi connectivity index (χ0v) is 11.8. The van der Waals surface area contributed by atoms with E-state index in [1.807, 2.05) is 0 Å². The van der Waals surface area contributed by atoms with Crippen LogP contribution in [-0.2, 0) is 0 Å². The third-order valence-corrected chi connectivity index (χ3v) is 4.11. The highest BCUT2D eigenvalue weighted by atomic mass is 15.2. The average Bonchev–Trinajstić information content (AvgIpc) is 2.28. The van der Waals surface area contributed by atoms with E-state index in [0.29, 0.717) is 6.04 Å². The third kappa shape index (κ3) is 4.06. The predicted molar refractivity (Wildman–Crippen MR) is 71.7 cm³/mol. The van der Waals surface area contributed by atoms with Gasteiger partial charge in [0.2, 0.25) is 0 Å². The highest BCUT2D eigenvalue weighted by Crippen LogP contribution is 2.17. The van der Waals surface area contributed by atoms with E-state index >= 15 is 0 Å². The summed E-state index contributed by atoms with van der Waals surface area (Å²) in [7, 11) is 0. The summed E-state index contributed by atoms with van der Waals surface area (Å²) in [6.45, 7) is 15.3. The van der Waals surface area contributed by atoms with E-state index < -0.39 is 0 Å². The third-order valence-electron chi connectivity index (χ3n) is 4.11. The van der Waals surface area contributed by atoms with Crippen molar-refractivity contribution < 1.29 is 0 Å². The van der Waals surface area contributed by atoms with Gasteiger partial charge in [-0.2, -0.15) is 0 Å². The molecule has 1 aliphatic rings. The van der Waals surface area contributed by atoms with Gasteiger partial charge in [-0.25, -0.2) is 0 Å². The number of piperazine rings is 1. The van der Waals surface area contributed by atoms with Crippen LogP contribution in [-0.4, -0.2) is 36.6 Å². The van der Waals surface area contributed by atoms with Crippen LogP contribution in [0.5, 0.6) is 0 Å². The highest BCUT2D eigenvalue weighted by molar-refractivity contribution is 4.83. The summed E-state index contributed by atoms with van der Waals surface area (Å²) in [4.78, 5) is 2.67. The molecule has 1 rings (SSSR count). The molecule has 0 spiro atoms. The van der Waals surface area contributed by atoms with Gasteiger partial charge < -0.3 is 5.32 Å². The molecule has 1 N–H and O–H groups in total. The topological polar surface area (TPSA) is 15.3 Å². The van der Waals surface area contributed by atoms with Gasteiger partial charge in [-0.3, -0.25) is 4.90 Å². The zero-order valence-electron chi connectivity index (χ0n) is 11.8. The Kier molecular flexibility index (Phi) is 5.77. The average molecular weight is 226 g/mol. The van der Waals surface area contributed by atoms with E-state index in [0.717, 1.165) is 24.4 Å². The molecule has 1 saturated heterocycles. The Bertz CT molecular complexity index is 191. The Balaban J connectivity index is 2.40. The molecule has 0 bridgehead atoms. The smallest absolute Gasteiger partial charge is 0.0218 e. The van der Waals surface area contributed by atoms with Crippen molar-refractivity contribution >= 4 is 0 Å². The van der Waals surface area contributed by atoms with E-state index in [-0.39, 0.29) is 0 Å². The second-order valence-electron chi connectivity index (χ2n) is 5.90. The fourth-order valence-electron chi connectivity index (χ4n) is 2.55. The van der Waals surface area contributed by atoms with Crippen LogP contribution in [0.1, 0.15) is 47.5 Å². The number of hydrogen-bond acceptors (Lipinski definition) is 2. The van der Waals surface area contributed by atoms with E-state index in [4.69, 9.17) is 0 Å². The summed E-state index contributed by atoms with van der Waals surface area (Å²) < 4.78 is 0. The van der Waals surface area contributed by atoms with Gasteiger partial charge >= 0.3 is 0 Å². The van der Waals surface area contributed by atoms with Gasteiger partial charge in [-0.1, -0.05) is 34.1 Å². The molecule has 0 amide bonds. The minimum absolute atomic E-state index is 0.688. The van der Waals surface area contributed by atoms with Crippen molar-refractivity contribution in [1.29, 1.82) is 0 Å². The summed E-state index contributed by atoms with van der Waals surface area (Å²) in [6, 6.07) is 1.44. The Morgan fingerprint density at radius 3 is 2.50 bits per heavy atom. The Morgan fingerprint density at radius 2 is 1.94 bits per heavy atom. The van der Waals surface area contributed by atoms with Crippen molar-refractivity contribution in [2.75, 3.05) is 19.6 Å². The van der Waals surface area contributed by atoms with Crippen LogP contribution < -0.4 is 5.32 Å². The summed E-state index contributed by atoms with van der Waals surface area (Å²) in [5.74, 6) is 1.61. The quantitative estimate of drug-likeness (QED) is 0.775. The molecule has 2 heteroatoms. The van der Waals surface area contributed by atoms with E-state index in [9.17, 15) is 0 Å². The lowest BCUT2D eigenvalue weighted by Gasteiger charge is -2.39. The fraction of sp³-hybridized carbons (Fsp3) is 1.00. The van der Waals surface area contributed by atoms with Crippen molar-refractivity contribution in [2.24, 2.45) is 11.8 Å². The van der Waals surface area contributed by atoms with Crippen LogP contribution in [0.2, 0.25) is 0 Å². The highest BCUT2D eigenvalue weighted by Gasteiger charge is 2.25. The van der Waals surface area contributed by atoms with Gasteiger partial charge in [0.15, 0.2) is 0 Å². The minimum atomic E-state index is 0.688. The molecule has 96 valence electrons. The van der Waals surface area contributed by atoms with Crippen LogP contribution in [0, 0.1) is 11.8 Å². The van der Waals surface area contributed by atoms with Crippen LogP contribution in [0.15, 0.2) is 0 Å². The van der Waals surface area contributed by atoms with Crippen LogP contribution >= 0.6 is 0 Å². The summed E-state index contributed by atoms with van der Waals surface area (Å²) in [5, 5.41) is 3.63. The zero-order chi connectivity index (χ0) is 12.1. The van der Waals surface area contributed by atoms with Crippen molar-refractivity contribution in [3.63, 3.8) is 0 Å². The van der Waals surface area contributed by atoms with E-state index in [1.165, 1.54) is 25.9 Å². The standard InChI is InChI=1S/C14H30N2/c1-6-12(4)9-13(5)16-8-7-15-14(10-16)11(2)3/h11-15H,6-10H2,1-5H3. The molecular weight excluding hydrogens is 196 g/mol. The summed E-state index contributed by atoms with van der Waals surface area (Å²) in [6.07, 6.45) is 2.66. The molecule has 0 aromatic heterocycles. The molecule has 0 aromatic carbocycles. The predicted octanol–water partition coefficient (Wildman–Crippen LogP) is 2.74. The summed E-state index contributed by atoms with van der Waals surface area (Å²) >= 11 is 0. The van der Waals surface area contributed by atoms with E-state index in [2.05, 4.69) is 44.8 Å². The maximum atomic E-state index is 3.63. The Hall–Kier alpha value is -0.0800. The number of nitrogens with one attached hydrogen (secondary N) is 1. The molecule has 3 atom stereocenters. The first-order chi connectivity index (χ1) is 7.54. The monoisotopic (exact) mass is 226 g/mol. The normalized spacial score (nSPS) is 27.0. The van der Waals surface area contributed by atoms with Crippen molar-refractivity contribution in [1.82, 2.24) is 10.2 Å². The van der Waals surface area contributed by atoms with Crippen LogP contribution in [0.25, 0.3) is 0 Å². The van der Waals surface area contributed by atoms with Crippen LogP contribution in [0.3, 0.4) is 0 Å². The lowest BCUT2D eigenvalue weighted by Crippen LogP contribution is -2.55. The molecule has 1 heterocycles. The van der Waals surface area contributed by atoms with Gasteiger partial charge in [0, 0.05) is 31.7 Å². The second kappa shape index (κ2) is 6.61. The molecule has 2 nitrogen and oxygen atoms in total. The lowest BCUT2D eigenvalue weighted by atomic mass is 9.96. The van der Waals surface area contributed by atoms with Gasteiger partial charge in [0.1, 0.15) is 0 Å². The second-order valence-corrected chi connectivity index (χ2v) is 5.90. The molecule has 16 heavy (non-hydrogen) atoms. The molecule has 0 saturated carbocycles. The molecule has 0 aromatic rings. The van der Waals surface area contributed by atoms with Gasteiger partial charge in [-0.15, -0.1) is 0 Å². The van der Waals surface area contributed by atoms with Crippen molar-refractivity contribution in [2.45, 2.75) is 59.5 Å². The number of hydrogen-bond donors (Lipinski definition) is 1. The SMILES string of the molecule is CCC(C)CC(C)N1CCNC(C(C)C)C1. The molecule has 1 fully saturated rings. The number of rotatable bonds is 5. The molecular formula is C14H30N2. The minimum Gasteiger partial charge on any atom is -0.311 e. The molecule has 1 aliphatic heterocycles. The Labute approximate surface area is 102 Å². The van der Waals surface area contributed by atoms with Crippen molar-refractivity contribution in [3.8, 4) is 0 Å². The maximum Gasteiger partial charge on any atom is 0.0218 e. The molecule has 0 aliphatic carbocycles. The number of nitrogens with zero attached hydrogens (tertiary/aromatic N) is 1. The lowest BCUT2D eigenvalue weighted by molar-refractivity contribution is 0.120. The van der Waals surface area contributed by atoms with Crippen molar-refractivity contribution in [3.05, 3.63) is 0 Å². The first-order valence-corrected chi connectivity index (χ1v) is 7.02. The first-order valence-electron chi connectivity index (χ1n) is 7.02. The van der Waals surface area contributed by atoms with Gasteiger partial charge in [-0.05, 0) is 25.2 Å². The molecule has 0 radical (unpaired) electrons. The van der Waals surface area contributed by atoms with Gasteiger partial charge in [0.25, 0.3) is 0 Å². The van der Waals surface area contributed by atoms with E-state index in [1.54, 1.807) is 0 Å². The largest absolute Gasteiger partial charge is 0.311 e. The first kappa shape index (κ1) is 14.0. The Morgan fingerprint density at radius 1 is 1.25 bits per heavy atom. The van der Waals surface area contributed by atoms with Gasteiger partial charge in [0.05, 0.1) is 0 Å².